The van der Waals surface area contributed by atoms with Crippen LogP contribution < -0.4 is 5.73 Å². The molecule has 2 N–H and O–H groups in total. The fourth-order valence-corrected chi connectivity index (χ4v) is 4.74. The van der Waals surface area contributed by atoms with Crippen LogP contribution >= 0.6 is 0 Å². The van der Waals surface area contributed by atoms with Gasteiger partial charge in [-0.2, -0.15) is 4.31 Å². The molecule has 0 bridgehead atoms. The van der Waals surface area contributed by atoms with Crippen LogP contribution in [0.5, 0.6) is 0 Å². The first kappa shape index (κ1) is 14.2. The highest BCUT2D eigenvalue weighted by Crippen LogP contribution is 2.33. The molecule has 0 saturated carbocycles. The molecule has 0 saturated heterocycles. The van der Waals surface area contributed by atoms with Gasteiger partial charge >= 0.3 is 0 Å². The second kappa shape index (κ2) is 5.08. The third-order valence-corrected chi connectivity index (χ3v) is 6.20. The predicted molar refractivity (Wildman–Crippen MR) is 91.2 cm³/mol. The molecule has 4 nitrogen and oxygen atoms in total. The Hall–Kier alpha value is -2.37. The Kier molecular flexibility index (Phi) is 3.14. The molecule has 0 unspecified atom stereocenters. The Balaban J connectivity index is 1.84. The molecule has 116 valence electrons. The van der Waals surface area contributed by atoms with Gasteiger partial charge in [0.15, 0.2) is 0 Å². The molecule has 3 aromatic carbocycles. The van der Waals surface area contributed by atoms with Crippen molar-refractivity contribution in [3.8, 4) is 0 Å². The summed E-state index contributed by atoms with van der Waals surface area (Å²) in [7, 11) is -3.57. The number of anilines is 1. The topological polar surface area (TPSA) is 63.4 Å². The fraction of sp³-hybridized carbons (Fsp3) is 0.111. The van der Waals surface area contributed by atoms with Crippen LogP contribution in [0.2, 0.25) is 0 Å². The largest absolute Gasteiger partial charge is 0.398 e. The quantitative estimate of drug-likeness (QED) is 0.737. The molecule has 1 aliphatic rings. The van der Waals surface area contributed by atoms with Gasteiger partial charge in [0.1, 0.15) is 0 Å². The van der Waals surface area contributed by atoms with Gasteiger partial charge in [-0.05, 0) is 23.3 Å². The summed E-state index contributed by atoms with van der Waals surface area (Å²) in [4.78, 5) is 0.315. The third kappa shape index (κ3) is 2.20. The minimum Gasteiger partial charge on any atom is -0.398 e. The van der Waals surface area contributed by atoms with Crippen LogP contribution in [0, 0.1) is 0 Å². The number of sulfonamides is 1. The summed E-state index contributed by atoms with van der Waals surface area (Å²) < 4.78 is 27.8. The van der Waals surface area contributed by atoms with Gasteiger partial charge in [-0.15, -0.1) is 0 Å². The lowest BCUT2D eigenvalue weighted by molar-refractivity contribution is 0.432. The van der Waals surface area contributed by atoms with Gasteiger partial charge in [0, 0.05) is 29.5 Å². The van der Waals surface area contributed by atoms with Crippen LogP contribution in [0.1, 0.15) is 11.1 Å². The molecule has 5 heteroatoms. The molecule has 23 heavy (non-hydrogen) atoms. The van der Waals surface area contributed by atoms with E-state index in [1.54, 1.807) is 24.3 Å². The zero-order valence-electron chi connectivity index (χ0n) is 12.4. The number of fused-ring (bicyclic) bond motifs is 2. The number of rotatable bonds is 2. The minimum absolute atomic E-state index is 0.315. The molecule has 0 radical (unpaired) electrons. The average molecular weight is 324 g/mol. The number of nitrogens with zero attached hydrogens (tertiary/aromatic N) is 1. The molecule has 1 heterocycles. The minimum atomic E-state index is -3.57. The van der Waals surface area contributed by atoms with Crippen LogP contribution in [0.4, 0.5) is 5.69 Å². The number of benzene rings is 3. The van der Waals surface area contributed by atoms with E-state index in [0.29, 0.717) is 29.1 Å². The van der Waals surface area contributed by atoms with Crippen molar-refractivity contribution in [3.63, 3.8) is 0 Å². The predicted octanol–water partition coefficient (Wildman–Crippen LogP) is 3.13. The van der Waals surface area contributed by atoms with E-state index < -0.39 is 10.0 Å². The van der Waals surface area contributed by atoms with Gasteiger partial charge in [-0.1, -0.05) is 48.5 Å². The van der Waals surface area contributed by atoms with E-state index in [1.807, 2.05) is 36.4 Å². The zero-order chi connectivity index (χ0) is 16.0. The lowest BCUT2D eigenvalue weighted by atomic mass is 10.1. The van der Waals surface area contributed by atoms with E-state index in [-0.39, 0.29) is 0 Å². The molecule has 0 amide bonds. The molecule has 1 aliphatic heterocycles. The maximum atomic E-state index is 13.1. The van der Waals surface area contributed by atoms with Gasteiger partial charge < -0.3 is 5.73 Å². The normalized spacial score (nSPS) is 15.0. The smallest absolute Gasteiger partial charge is 0.244 e. The summed E-state index contributed by atoms with van der Waals surface area (Å²) in [5, 5.41) is 1.44. The highest BCUT2D eigenvalue weighted by atomic mass is 32.2. The molecule has 4 rings (SSSR count). The molecule has 0 aliphatic carbocycles. The van der Waals surface area contributed by atoms with E-state index in [1.165, 1.54) is 4.31 Å². The van der Waals surface area contributed by atoms with Crippen LogP contribution in [-0.2, 0) is 23.1 Å². The summed E-state index contributed by atoms with van der Waals surface area (Å²) in [6, 6.07) is 18.5. The molecule has 0 spiro atoms. The van der Waals surface area contributed by atoms with Crippen LogP contribution in [0.25, 0.3) is 10.8 Å². The average Bonchev–Trinajstić information content (AvgIpc) is 3.00. The van der Waals surface area contributed by atoms with Crippen LogP contribution in [-0.4, -0.2) is 12.7 Å². The van der Waals surface area contributed by atoms with Crippen molar-refractivity contribution >= 4 is 26.5 Å². The molecule has 0 aromatic heterocycles. The molecule has 0 fully saturated rings. The first-order valence-corrected chi connectivity index (χ1v) is 8.85. The number of nitrogens with two attached hydrogens (primary N) is 1. The molecule has 3 aromatic rings. The van der Waals surface area contributed by atoms with Gasteiger partial charge in [-0.25, -0.2) is 8.42 Å². The zero-order valence-corrected chi connectivity index (χ0v) is 13.3. The lowest BCUT2D eigenvalue weighted by Gasteiger charge is -2.17. The van der Waals surface area contributed by atoms with Crippen molar-refractivity contribution < 1.29 is 8.42 Å². The molecular formula is C18H16N2O2S. The number of hydrogen-bond donors (Lipinski definition) is 1. The van der Waals surface area contributed by atoms with Crippen LogP contribution in [0.3, 0.4) is 0 Å². The fourth-order valence-electron chi connectivity index (χ4n) is 3.14. The van der Waals surface area contributed by atoms with Crippen molar-refractivity contribution in [1.82, 2.24) is 4.31 Å². The SMILES string of the molecule is Nc1cccc2c(S(=O)(=O)N3Cc4ccccc4C3)cccc12. The van der Waals surface area contributed by atoms with Gasteiger partial charge in [0.2, 0.25) is 10.0 Å². The Labute approximate surface area is 135 Å². The highest BCUT2D eigenvalue weighted by molar-refractivity contribution is 7.89. The summed E-state index contributed by atoms with van der Waals surface area (Å²) in [6.07, 6.45) is 0. The van der Waals surface area contributed by atoms with Gasteiger partial charge in [0.05, 0.1) is 4.90 Å². The first-order valence-electron chi connectivity index (χ1n) is 7.41. The molecule has 0 atom stereocenters. The van der Waals surface area contributed by atoms with E-state index in [4.69, 9.17) is 5.73 Å². The lowest BCUT2D eigenvalue weighted by Crippen LogP contribution is -2.25. The maximum Gasteiger partial charge on any atom is 0.244 e. The van der Waals surface area contributed by atoms with Crippen molar-refractivity contribution in [2.24, 2.45) is 0 Å². The summed E-state index contributed by atoms with van der Waals surface area (Å²) in [5.41, 5.74) is 8.70. The van der Waals surface area contributed by atoms with Crippen molar-refractivity contribution in [3.05, 3.63) is 71.8 Å². The first-order chi connectivity index (χ1) is 11.1. The summed E-state index contributed by atoms with van der Waals surface area (Å²) in [5.74, 6) is 0. The Morgan fingerprint density at radius 1 is 0.783 bits per heavy atom. The van der Waals surface area contributed by atoms with E-state index >= 15 is 0 Å². The Morgan fingerprint density at radius 2 is 1.39 bits per heavy atom. The van der Waals surface area contributed by atoms with E-state index in [9.17, 15) is 8.42 Å². The monoisotopic (exact) mass is 324 g/mol. The second-order valence-electron chi connectivity index (χ2n) is 5.74. The van der Waals surface area contributed by atoms with E-state index in [2.05, 4.69) is 0 Å². The van der Waals surface area contributed by atoms with Crippen molar-refractivity contribution in [2.45, 2.75) is 18.0 Å². The Bertz CT molecular complexity index is 987. The summed E-state index contributed by atoms with van der Waals surface area (Å²) >= 11 is 0. The molecular weight excluding hydrogens is 308 g/mol. The maximum absolute atomic E-state index is 13.1. The Morgan fingerprint density at radius 3 is 2.09 bits per heavy atom. The van der Waals surface area contributed by atoms with E-state index in [0.717, 1.165) is 16.5 Å². The van der Waals surface area contributed by atoms with Crippen molar-refractivity contribution in [2.75, 3.05) is 5.73 Å². The van der Waals surface area contributed by atoms with Crippen molar-refractivity contribution in [1.29, 1.82) is 0 Å². The van der Waals surface area contributed by atoms with Gasteiger partial charge in [-0.3, -0.25) is 0 Å². The summed E-state index contributed by atoms with van der Waals surface area (Å²) in [6.45, 7) is 0.828. The second-order valence-corrected chi connectivity index (χ2v) is 7.65. The standard InChI is InChI=1S/C18H16N2O2S/c19-17-9-3-8-16-15(17)7-4-10-18(16)23(21,22)20-11-13-5-1-2-6-14(13)12-20/h1-10H,11-12,19H2. The highest BCUT2D eigenvalue weighted by Gasteiger charge is 2.31. The third-order valence-electron chi connectivity index (χ3n) is 4.35. The number of nitrogen functional groups attached to an aromatic ring is 1. The van der Waals surface area contributed by atoms with Gasteiger partial charge in [0.25, 0.3) is 0 Å². The number of hydrogen-bond acceptors (Lipinski definition) is 3. The van der Waals surface area contributed by atoms with Crippen LogP contribution in [0.15, 0.2) is 65.6 Å².